The predicted molar refractivity (Wildman–Crippen MR) is 43.1 cm³/mol. The van der Waals surface area contributed by atoms with E-state index in [0.29, 0.717) is 0 Å². The molecule has 0 rings (SSSR count). The summed E-state index contributed by atoms with van der Waals surface area (Å²) in [6, 6.07) is 0. The topological polar surface area (TPSA) is 115 Å². The molecule has 0 heterocycles. The smallest absolute Gasteiger partial charge is 0.344 e. The van der Waals surface area contributed by atoms with Crippen molar-refractivity contribution in [3.05, 3.63) is 0 Å². The van der Waals surface area contributed by atoms with Gasteiger partial charge >= 0.3 is 27.8 Å². The molecule has 0 aliphatic carbocycles. The van der Waals surface area contributed by atoms with Crippen molar-refractivity contribution in [3.8, 4) is 0 Å². The second-order valence-electron chi connectivity index (χ2n) is 2.61. The standard InChI is InChI=1S/C3HF8NO4S2.H3N/c4-1(5,2(6,7)8)3(9,10)17(13,14)12-18(11,15)16;/h12H;1H3. The predicted octanol–water partition coefficient (Wildman–Crippen LogP) is 1.07. The molecule has 0 unspecified atom stereocenters. The zero-order valence-corrected chi connectivity index (χ0v) is 9.81. The van der Waals surface area contributed by atoms with Crippen LogP contribution in [-0.4, -0.2) is 34.2 Å². The van der Waals surface area contributed by atoms with Crippen molar-refractivity contribution >= 4 is 20.4 Å². The Morgan fingerprint density at radius 2 is 1.11 bits per heavy atom. The first-order valence-electron chi connectivity index (χ1n) is 3.26. The molecule has 0 saturated heterocycles. The molecular formula is C3H4F8N2O4S2. The van der Waals surface area contributed by atoms with E-state index in [2.05, 4.69) is 0 Å². The van der Waals surface area contributed by atoms with Crippen LogP contribution in [0.4, 0.5) is 34.6 Å². The van der Waals surface area contributed by atoms with Gasteiger partial charge in [0.2, 0.25) is 0 Å². The van der Waals surface area contributed by atoms with Crippen LogP contribution < -0.4 is 10.3 Å². The molecule has 0 saturated carbocycles. The SMILES string of the molecule is N.O=S(=O)(F)NS(=O)(=O)C(F)(F)C(F)(F)C(F)(F)F. The minimum atomic E-state index is -7.17. The first kappa shape index (κ1) is 20.6. The van der Waals surface area contributed by atoms with E-state index >= 15 is 0 Å². The highest BCUT2D eigenvalue weighted by Crippen LogP contribution is 2.48. The fraction of sp³-hybridized carbons (Fsp3) is 1.00. The summed E-state index contributed by atoms with van der Waals surface area (Å²) in [7, 11) is -13.7. The number of sulfonamides is 1. The van der Waals surface area contributed by atoms with E-state index in [9.17, 15) is 51.5 Å². The summed E-state index contributed by atoms with van der Waals surface area (Å²) in [5.74, 6) is -7.13. The summed E-state index contributed by atoms with van der Waals surface area (Å²) in [5.41, 5.74) is 0. The third-order valence-corrected chi connectivity index (χ3v) is 3.87. The van der Waals surface area contributed by atoms with Crippen molar-refractivity contribution < 1.29 is 51.5 Å². The van der Waals surface area contributed by atoms with Crippen LogP contribution in [0.25, 0.3) is 0 Å². The molecule has 0 fully saturated rings. The van der Waals surface area contributed by atoms with E-state index in [1.54, 1.807) is 0 Å². The molecule has 0 amide bonds. The number of alkyl halides is 7. The second-order valence-corrected chi connectivity index (χ2v) is 5.68. The molecule has 19 heavy (non-hydrogen) atoms. The zero-order valence-electron chi connectivity index (χ0n) is 8.18. The Bertz CT molecular complexity index is 521. The summed E-state index contributed by atoms with van der Waals surface area (Å²) in [6.45, 7) is 0. The van der Waals surface area contributed by atoms with Crippen LogP contribution in [0.1, 0.15) is 0 Å². The molecule has 4 N–H and O–H groups in total. The molecule has 118 valence electrons. The summed E-state index contributed by atoms with van der Waals surface area (Å²) in [6.07, 6.45) is -7.01. The summed E-state index contributed by atoms with van der Waals surface area (Å²) < 4.78 is 135. The van der Waals surface area contributed by atoms with E-state index in [-0.39, 0.29) is 6.15 Å². The van der Waals surface area contributed by atoms with E-state index in [1.807, 2.05) is 0 Å². The number of halogens is 8. The Morgan fingerprint density at radius 3 is 1.32 bits per heavy atom. The van der Waals surface area contributed by atoms with Crippen LogP contribution in [0, 0.1) is 0 Å². The molecule has 16 heteroatoms. The fourth-order valence-corrected chi connectivity index (χ4v) is 2.44. The van der Waals surface area contributed by atoms with Crippen LogP contribution in [-0.2, 0) is 20.4 Å². The molecular weight excluding hydrogens is 344 g/mol. The average Bonchev–Trinajstić information content (AvgIpc) is 1.95. The molecule has 0 atom stereocenters. The first-order chi connectivity index (χ1) is 7.46. The van der Waals surface area contributed by atoms with E-state index < -0.39 is 41.9 Å². The molecule has 0 aromatic heterocycles. The first-order valence-corrected chi connectivity index (χ1v) is 6.12. The summed E-state index contributed by atoms with van der Waals surface area (Å²) in [4.78, 5) is 0. The Hall–Kier alpha value is -0.740. The molecule has 0 aliphatic rings. The Kier molecular flexibility index (Phi) is 5.40. The second kappa shape index (κ2) is 4.98. The lowest BCUT2D eigenvalue weighted by atomic mass is 10.3. The van der Waals surface area contributed by atoms with Gasteiger partial charge in [0.25, 0.3) is 10.0 Å². The van der Waals surface area contributed by atoms with Crippen molar-refractivity contribution in [2.75, 3.05) is 0 Å². The highest BCUT2D eigenvalue weighted by molar-refractivity contribution is 8.03. The van der Waals surface area contributed by atoms with Gasteiger partial charge in [-0.2, -0.15) is 39.2 Å². The van der Waals surface area contributed by atoms with Crippen molar-refractivity contribution in [1.82, 2.24) is 10.3 Å². The van der Waals surface area contributed by atoms with Gasteiger partial charge in [-0.25, -0.2) is 8.42 Å². The zero-order chi connectivity index (χ0) is 15.2. The van der Waals surface area contributed by atoms with Gasteiger partial charge in [0.05, 0.1) is 0 Å². The van der Waals surface area contributed by atoms with E-state index in [0.717, 1.165) is 0 Å². The largest absolute Gasteiger partial charge is 0.461 e. The number of hydrogen-bond acceptors (Lipinski definition) is 5. The van der Waals surface area contributed by atoms with Gasteiger partial charge in [-0.05, 0) is 0 Å². The average molecular weight is 348 g/mol. The monoisotopic (exact) mass is 348 g/mol. The number of rotatable bonds is 4. The third-order valence-electron chi connectivity index (χ3n) is 1.27. The molecule has 6 nitrogen and oxygen atoms in total. The summed E-state index contributed by atoms with van der Waals surface area (Å²) >= 11 is 0. The maximum absolute atomic E-state index is 12.5. The fourth-order valence-electron chi connectivity index (χ4n) is 0.517. The van der Waals surface area contributed by atoms with Crippen molar-refractivity contribution in [1.29, 1.82) is 0 Å². The number of hydrogen-bond donors (Lipinski definition) is 2. The molecule has 0 bridgehead atoms. The lowest BCUT2D eigenvalue weighted by molar-refractivity contribution is -0.332. The third kappa shape index (κ3) is 3.86. The maximum atomic E-state index is 12.5. The number of nitrogens with one attached hydrogen (secondary N) is 1. The quantitative estimate of drug-likeness (QED) is 0.582. The van der Waals surface area contributed by atoms with E-state index in [4.69, 9.17) is 0 Å². The van der Waals surface area contributed by atoms with Crippen LogP contribution in [0.5, 0.6) is 0 Å². The lowest BCUT2D eigenvalue weighted by Crippen LogP contribution is -2.59. The van der Waals surface area contributed by atoms with Gasteiger partial charge < -0.3 is 6.15 Å². The molecule has 0 radical (unpaired) electrons. The molecule has 0 aromatic rings. The van der Waals surface area contributed by atoms with Crippen molar-refractivity contribution in [2.45, 2.75) is 17.4 Å². The lowest BCUT2D eigenvalue weighted by Gasteiger charge is -2.26. The van der Waals surface area contributed by atoms with Gasteiger partial charge in [0.1, 0.15) is 0 Å². The van der Waals surface area contributed by atoms with Crippen LogP contribution in [0.2, 0.25) is 0 Å². The van der Waals surface area contributed by atoms with Crippen LogP contribution >= 0.6 is 0 Å². The van der Waals surface area contributed by atoms with Gasteiger partial charge in [-0.3, -0.25) is 0 Å². The normalized spacial score (nSPS) is 14.9. The van der Waals surface area contributed by atoms with Crippen molar-refractivity contribution in [2.24, 2.45) is 0 Å². The Morgan fingerprint density at radius 1 is 0.789 bits per heavy atom. The van der Waals surface area contributed by atoms with Gasteiger partial charge in [-0.1, -0.05) is 8.01 Å². The van der Waals surface area contributed by atoms with Gasteiger partial charge in [-0.15, -0.1) is 0 Å². The molecule has 0 aliphatic heterocycles. The highest BCUT2D eigenvalue weighted by atomic mass is 32.3. The molecule has 0 aromatic carbocycles. The Balaban J connectivity index is 0. The van der Waals surface area contributed by atoms with Crippen molar-refractivity contribution in [3.63, 3.8) is 0 Å². The summed E-state index contributed by atoms with van der Waals surface area (Å²) in [5, 5.41) is -6.93. The Labute approximate surface area is 100 Å². The minimum absolute atomic E-state index is 0. The van der Waals surface area contributed by atoms with Gasteiger partial charge in [0.15, 0.2) is 0 Å². The van der Waals surface area contributed by atoms with Crippen LogP contribution in [0.15, 0.2) is 0 Å². The van der Waals surface area contributed by atoms with E-state index in [1.165, 1.54) is 0 Å². The van der Waals surface area contributed by atoms with Crippen LogP contribution in [0.3, 0.4) is 0 Å². The minimum Gasteiger partial charge on any atom is -0.344 e. The maximum Gasteiger partial charge on any atom is 0.461 e. The molecule has 0 spiro atoms. The highest BCUT2D eigenvalue weighted by Gasteiger charge is 2.79. The van der Waals surface area contributed by atoms with Gasteiger partial charge in [0, 0.05) is 0 Å².